The largest absolute Gasteiger partial charge is 0.385 e. The molecular weight excluding hydrogens is 548 g/mol. The van der Waals surface area contributed by atoms with Crippen molar-refractivity contribution >= 4 is 11.6 Å². The first-order chi connectivity index (χ1) is 20.9. The summed E-state index contributed by atoms with van der Waals surface area (Å²) in [5.41, 5.74) is 2.57. The van der Waals surface area contributed by atoms with Gasteiger partial charge < -0.3 is 20.0 Å². The number of nitrogens with zero attached hydrogens (tertiary/aromatic N) is 1. The second-order valence-electron chi connectivity index (χ2n) is 15.6. The van der Waals surface area contributed by atoms with Crippen LogP contribution in [0, 0.1) is 40.9 Å². The Morgan fingerprint density at radius 3 is 2.59 bits per heavy atom. The van der Waals surface area contributed by atoms with Gasteiger partial charge in [-0.15, -0.1) is 6.42 Å². The fraction of sp³-hybridized carbons (Fsp3) is 0.684. The van der Waals surface area contributed by atoms with E-state index in [1.807, 2.05) is 0 Å². The molecule has 6 heteroatoms. The molecule has 2 N–H and O–H groups in total. The fourth-order valence-electron chi connectivity index (χ4n) is 10.4. The van der Waals surface area contributed by atoms with E-state index in [0.717, 1.165) is 82.9 Å². The first-order valence-electron chi connectivity index (χ1n) is 17.0. The summed E-state index contributed by atoms with van der Waals surface area (Å²) >= 11 is 0. The summed E-state index contributed by atoms with van der Waals surface area (Å²) < 4.78 is 6.04. The molecule has 1 saturated heterocycles. The Balaban J connectivity index is 1.03. The predicted molar refractivity (Wildman–Crippen MR) is 174 cm³/mol. The molecule has 7 atom stereocenters. The van der Waals surface area contributed by atoms with Crippen LogP contribution in [-0.2, 0) is 19.8 Å². The van der Waals surface area contributed by atoms with E-state index in [1.54, 1.807) is 0 Å². The van der Waals surface area contributed by atoms with Gasteiger partial charge in [-0.05, 0) is 119 Å². The molecule has 6 rings (SSSR count). The number of carbonyl (C=O) groups is 1. The number of benzene rings is 1. The second-order valence-corrected chi connectivity index (χ2v) is 15.6. The standard InChI is InChI=1S/C38H52N2O4/c1-6-38(42)19-16-32-30-13-12-28-24-29(14-17-35(28,4)31(30)15-18-36(32,38)5)40-44-25-33(41)39-22-20-37(27-10-8-7-9-11-27)21-23-43-34(2,3)26-37/h1,7-11,24,30-32,42H,12-23,25-26H2,2-5H3,(H,39,41)/b40-29+/t30?,31?,32?,35-,36-,37?,38-/m0/s1. The maximum Gasteiger partial charge on any atom is 0.260 e. The molecule has 6 nitrogen and oxygen atoms in total. The highest BCUT2D eigenvalue weighted by molar-refractivity contribution is 5.96. The van der Waals surface area contributed by atoms with Crippen molar-refractivity contribution < 1.29 is 19.5 Å². The van der Waals surface area contributed by atoms with Crippen LogP contribution in [0.15, 0.2) is 47.1 Å². The SMILES string of the molecule is C#C[C@]1(O)CCC2C3CCC4=C/C(=N/OCC(=O)NCCC5(c6ccccc6)CCOC(C)(C)C5)CC[C@]4(C)C3CC[C@@]21C. The number of carbonyl (C=O) groups excluding carboxylic acids is 1. The minimum Gasteiger partial charge on any atom is -0.385 e. The Morgan fingerprint density at radius 2 is 1.84 bits per heavy atom. The maximum atomic E-state index is 12.7. The van der Waals surface area contributed by atoms with E-state index in [1.165, 1.54) is 11.1 Å². The van der Waals surface area contributed by atoms with Crippen molar-refractivity contribution in [3.05, 3.63) is 47.5 Å². The van der Waals surface area contributed by atoms with E-state index in [0.29, 0.717) is 24.3 Å². The lowest BCUT2D eigenvalue weighted by atomic mass is 9.46. The Labute approximate surface area is 264 Å². The molecule has 4 fully saturated rings. The van der Waals surface area contributed by atoms with E-state index in [9.17, 15) is 9.90 Å². The molecular formula is C38H52N2O4. The van der Waals surface area contributed by atoms with Crippen LogP contribution in [0.3, 0.4) is 0 Å². The number of oxime groups is 1. The van der Waals surface area contributed by atoms with Gasteiger partial charge in [0.15, 0.2) is 6.61 Å². The van der Waals surface area contributed by atoms with Crippen molar-refractivity contribution in [3.63, 3.8) is 0 Å². The van der Waals surface area contributed by atoms with Gasteiger partial charge >= 0.3 is 0 Å². The second kappa shape index (κ2) is 11.6. The van der Waals surface area contributed by atoms with Gasteiger partial charge in [-0.3, -0.25) is 4.79 Å². The van der Waals surface area contributed by atoms with Crippen molar-refractivity contribution in [2.45, 2.75) is 115 Å². The third kappa shape index (κ3) is 5.43. The lowest BCUT2D eigenvalue weighted by Crippen LogP contribution is -2.54. The van der Waals surface area contributed by atoms with Crippen LogP contribution in [0.4, 0.5) is 0 Å². The topological polar surface area (TPSA) is 80.2 Å². The third-order valence-corrected chi connectivity index (χ3v) is 12.9. The number of terminal acetylenes is 1. The Hall–Kier alpha value is -2.62. The van der Waals surface area contributed by atoms with Gasteiger partial charge in [0.2, 0.25) is 0 Å². The zero-order valence-corrected chi connectivity index (χ0v) is 27.3. The summed E-state index contributed by atoms with van der Waals surface area (Å²) in [6.45, 7) is 10.3. The van der Waals surface area contributed by atoms with Crippen molar-refractivity contribution in [3.8, 4) is 12.3 Å². The van der Waals surface area contributed by atoms with Crippen LogP contribution in [0.2, 0.25) is 0 Å². The molecule has 0 aromatic heterocycles. The molecule has 3 saturated carbocycles. The highest BCUT2D eigenvalue weighted by Gasteiger charge is 2.63. The maximum absolute atomic E-state index is 12.7. The Bertz CT molecular complexity index is 1350. The van der Waals surface area contributed by atoms with Crippen LogP contribution in [0.25, 0.3) is 0 Å². The molecule has 1 heterocycles. The quantitative estimate of drug-likeness (QED) is 0.269. The lowest BCUT2D eigenvalue weighted by molar-refractivity contribution is -0.125. The van der Waals surface area contributed by atoms with E-state index >= 15 is 0 Å². The van der Waals surface area contributed by atoms with Gasteiger partial charge in [0.25, 0.3) is 5.91 Å². The summed E-state index contributed by atoms with van der Waals surface area (Å²) in [4.78, 5) is 18.3. The molecule has 0 spiro atoms. The fourth-order valence-corrected chi connectivity index (χ4v) is 10.4. The van der Waals surface area contributed by atoms with Crippen LogP contribution in [0.1, 0.15) is 104 Å². The predicted octanol–water partition coefficient (Wildman–Crippen LogP) is 6.72. The summed E-state index contributed by atoms with van der Waals surface area (Å²) in [6, 6.07) is 10.7. The summed E-state index contributed by atoms with van der Waals surface area (Å²) in [7, 11) is 0. The average molecular weight is 601 g/mol. The number of ether oxygens (including phenoxy) is 1. The molecule has 0 bridgehead atoms. The monoisotopic (exact) mass is 600 g/mol. The number of aliphatic hydroxyl groups is 1. The Morgan fingerprint density at radius 1 is 1.07 bits per heavy atom. The Kier molecular flexibility index (Phi) is 8.29. The number of fused-ring (bicyclic) bond motifs is 5. The molecule has 4 aliphatic carbocycles. The summed E-state index contributed by atoms with van der Waals surface area (Å²) in [5.74, 6) is 4.39. The molecule has 4 unspecified atom stereocenters. The van der Waals surface area contributed by atoms with Gasteiger partial charge in [-0.2, -0.15) is 0 Å². The highest BCUT2D eigenvalue weighted by atomic mass is 16.6. The average Bonchev–Trinajstić information content (AvgIpc) is 3.28. The number of nitrogens with one attached hydrogen (secondary N) is 1. The van der Waals surface area contributed by atoms with Gasteiger partial charge in [-0.25, -0.2) is 0 Å². The van der Waals surface area contributed by atoms with Gasteiger partial charge in [0.05, 0.1) is 11.3 Å². The number of hydrogen-bond donors (Lipinski definition) is 2. The smallest absolute Gasteiger partial charge is 0.260 e. The molecule has 1 aliphatic heterocycles. The van der Waals surface area contributed by atoms with Crippen LogP contribution < -0.4 is 5.32 Å². The summed E-state index contributed by atoms with van der Waals surface area (Å²) in [5, 5.41) is 18.8. The van der Waals surface area contributed by atoms with Gasteiger partial charge in [0.1, 0.15) is 5.60 Å². The van der Waals surface area contributed by atoms with Crippen LogP contribution >= 0.6 is 0 Å². The van der Waals surface area contributed by atoms with Gasteiger partial charge in [-0.1, -0.05) is 60.8 Å². The zero-order valence-electron chi connectivity index (χ0n) is 27.3. The third-order valence-electron chi connectivity index (χ3n) is 12.9. The molecule has 238 valence electrons. The van der Waals surface area contributed by atoms with E-state index < -0.39 is 5.60 Å². The lowest BCUT2D eigenvalue weighted by Gasteiger charge is -2.58. The number of rotatable bonds is 7. The summed E-state index contributed by atoms with van der Waals surface area (Å²) in [6.07, 6.45) is 18.9. The van der Waals surface area contributed by atoms with Crippen molar-refractivity contribution in [1.29, 1.82) is 0 Å². The molecule has 1 aromatic rings. The van der Waals surface area contributed by atoms with Gasteiger partial charge in [0, 0.05) is 24.0 Å². The highest BCUT2D eigenvalue weighted by Crippen LogP contribution is 2.67. The first kappa shape index (κ1) is 31.4. The normalized spacial score (nSPS) is 40.1. The molecule has 1 amide bonds. The number of allylic oxidation sites excluding steroid dienone is 2. The van der Waals surface area contributed by atoms with E-state index in [-0.39, 0.29) is 34.4 Å². The molecule has 0 radical (unpaired) electrons. The molecule has 1 aromatic carbocycles. The first-order valence-corrected chi connectivity index (χ1v) is 17.0. The zero-order chi connectivity index (χ0) is 31.2. The van der Waals surface area contributed by atoms with Crippen LogP contribution in [-0.4, -0.2) is 47.7 Å². The molecule has 5 aliphatic rings. The minimum atomic E-state index is -0.958. The van der Waals surface area contributed by atoms with E-state index in [4.69, 9.17) is 16.0 Å². The van der Waals surface area contributed by atoms with E-state index in [2.05, 4.69) is 80.5 Å². The van der Waals surface area contributed by atoms with Crippen LogP contribution in [0.5, 0.6) is 0 Å². The number of hydrogen-bond acceptors (Lipinski definition) is 5. The minimum absolute atomic E-state index is 0.0193. The molecule has 44 heavy (non-hydrogen) atoms. The number of amides is 1. The van der Waals surface area contributed by atoms with Crippen molar-refractivity contribution in [2.24, 2.45) is 33.7 Å². The van der Waals surface area contributed by atoms with Crippen molar-refractivity contribution in [2.75, 3.05) is 19.8 Å². The van der Waals surface area contributed by atoms with Crippen molar-refractivity contribution in [1.82, 2.24) is 5.32 Å².